The van der Waals surface area contributed by atoms with Crippen LogP contribution < -0.4 is 9.63 Å². The van der Waals surface area contributed by atoms with Gasteiger partial charge in [0.15, 0.2) is 6.20 Å². The van der Waals surface area contributed by atoms with E-state index in [1.165, 1.54) is 6.20 Å². The molecule has 1 heterocycles. The van der Waals surface area contributed by atoms with Gasteiger partial charge in [0.2, 0.25) is 5.52 Å². The van der Waals surface area contributed by atoms with Crippen LogP contribution in [-0.4, -0.2) is 14.1 Å². The fourth-order valence-corrected chi connectivity index (χ4v) is 2.18. The molecule has 0 radical (unpaired) electrons. The van der Waals surface area contributed by atoms with Crippen LogP contribution in [0.3, 0.4) is 0 Å². The topological polar surface area (TPSA) is 54.9 Å². The van der Waals surface area contributed by atoms with E-state index in [-0.39, 0.29) is 0 Å². The van der Waals surface area contributed by atoms with Crippen LogP contribution >= 0.6 is 0 Å². The number of hydrogen-bond acceptors (Lipinski definition) is 4. The summed E-state index contributed by atoms with van der Waals surface area (Å²) in [6.45, 7) is 0. The summed E-state index contributed by atoms with van der Waals surface area (Å²) in [5.41, 5.74) is 3.24. The molecule has 5 nitrogen and oxygen atoms in total. The third-order valence-corrected chi connectivity index (χ3v) is 3.39. The van der Waals surface area contributed by atoms with Gasteiger partial charge in [-0.1, -0.05) is 0 Å². The van der Waals surface area contributed by atoms with Crippen molar-refractivity contribution in [3.63, 3.8) is 0 Å². The van der Waals surface area contributed by atoms with Crippen LogP contribution in [0.25, 0.3) is 10.9 Å². The maximum Gasteiger partial charge on any atom is 0.223 e. The van der Waals surface area contributed by atoms with Crippen molar-refractivity contribution in [3.8, 4) is 0 Å². The minimum absolute atomic E-state index is 0.622. The molecule has 0 aliphatic rings. The van der Waals surface area contributed by atoms with Crippen LogP contribution in [0.15, 0.2) is 71.0 Å². The monoisotopic (exact) mass is 292 g/mol. The molecule has 0 atom stereocenters. The molecule has 22 heavy (non-hydrogen) atoms. The molecule has 110 valence electrons. The van der Waals surface area contributed by atoms with E-state index >= 15 is 0 Å². The Bertz CT molecular complexity index is 826. The van der Waals surface area contributed by atoms with E-state index in [0.29, 0.717) is 5.52 Å². The fraction of sp³-hybridized carbons (Fsp3) is 0.118. The zero-order chi connectivity index (χ0) is 15.5. The van der Waals surface area contributed by atoms with Crippen LogP contribution in [0.5, 0.6) is 0 Å². The number of fused-ring (bicyclic) bond motifs is 1. The summed E-state index contributed by atoms with van der Waals surface area (Å²) < 4.78 is 0.843. The van der Waals surface area contributed by atoms with E-state index in [9.17, 15) is 5.21 Å². The Kier molecular flexibility index (Phi) is 3.70. The molecule has 3 aromatic rings. The first-order valence-electron chi connectivity index (χ1n) is 6.94. The molecular formula is C17H16N4O. The second-order valence-electron chi connectivity index (χ2n) is 5.19. The standard InChI is InChI=1S/C17H16N4O/c1-20(2)16-8-5-14(6-9-16)18-19-15-7-10-17-13(12-15)4-3-11-21(17)22/h3-12H,1-2H3. The third-order valence-electron chi connectivity index (χ3n) is 3.39. The summed E-state index contributed by atoms with van der Waals surface area (Å²) in [5.74, 6) is 0. The van der Waals surface area contributed by atoms with Gasteiger partial charge in [0, 0.05) is 37.3 Å². The highest BCUT2D eigenvalue weighted by molar-refractivity contribution is 5.79. The molecule has 0 bridgehead atoms. The van der Waals surface area contributed by atoms with Gasteiger partial charge < -0.3 is 10.1 Å². The molecule has 0 amide bonds. The lowest BCUT2D eigenvalue weighted by Gasteiger charge is -2.11. The van der Waals surface area contributed by atoms with Gasteiger partial charge in [0.25, 0.3) is 0 Å². The first-order chi connectivity index (χ1) is 10.6. The molecule has 2 aromatic carbocycles. The molecule has 0 aliphatic carbocycles. The quantitative estimate of drug-likeness (QED) is 0.417. The lowest BCUT2D eigenvalue weighted by molar-refractivity contribution is -0.577. The summed E-state index contributed by atoms with van der Waals surface area (Å²) in [5, 5.41) is 20.9. The van der Waals surface area contributed by atoms with Crippen molar-refractivity contribution >= 4 is 28.0 Å². The molecule has 0 spiro atoms. The molecule has 0 fully saturated rings. The highest BCUT2D eigenvalue weighted by atomic mass is 16.5. The van der Waals surface area contributed by atoms with Gasteiger partial charge in [-0.05, 0) is 42.5 Å². The van der Waals surface area contributed by atoms with E-state index in [4.69, 9.17) is 0 Å². The number of aromatic nitrogens is 1. The van der Waals surface area contributed by atoms with Gasteiger partial charge in [-0.2, -0.15) is 15.0 Å². The molecule has 0 saturated heterocycles. The SMILES string of the molecule is CN(C)c1ccc(N=Nc2ccc3c(ccc[n+]3[O-])c2)cc1. The van der Waals surface area contributed by atoms with Gasteiger partial charge in [-0.15, -0.1) is 0 Å². The predicted octanol–water partition coefficient (Wildman–Crippen LogP) is 3.95. The summed E-state index contributed by atoms with van der Waals surface area (Å²) in [4.78, 5) is 2.03. The molecule has 5 heteroatoms. The summed E-state index contributed by atoms with van der Waals surface area (Å²) in [7, 11) is 3.99. The molecule has 0 unspecified atom stereocenters. The van der Waals surface area contributed by atoms with Crippen molar-refractivity contribution in [3.05, 3.63) is 66.0 Å². The molecule has 0 saturated carbocycles. The maximum atomic E-state index is 11.6. The Morgan fingerprint density at radius 1 is 0.909 bits per heavy atom. The van der Waals surface area contributed by atoms with E-state index in [1.807, 2.05) is 55.4 Å². The van der Waals surface area contributed by atoms with Crippen LogP contribution in [0.2, 0.25) is 0 Å². The zero-order valence-electron chi connectivity index (χ0n) is 12.5. The molecule has 0 aliphatic heterocycles. The highest BCUT2D eigenvalue weighted by Gasteiger charge is 2.03. The van der Waals surface area contributed by atoms with Crippen molar-refractivity contribution in [1.82, 2.24) is 0 Å². The zero-order valence-corrected chi connectivity index (χ0v) is 12.5. The lowest BCUT2D eigenvalue weighted by atomic mass is 10.2. The molecule has 1 aromatic heterocycles. The van der Waals surface area contributed by atoms with Gasteiger partial charge >= 0.3 is 0 Å². The smallest absolute Gasteiger partial charge is 0.223 e. The number of benzene rings is 2. The van der Waals surface area contributed by atoms with Gasteiger partial charge in [0.1, 0.15) is 0 Å². The average molecular weight is 292 g/mol. The summed E-state index contributed by atoms with van der Waals surface area (Å²) in [6, 6.07) is 16.8. The Hall–Kier alpha value is -2.95. The van der Waals surface area contributed by atoms with Crippen molar-refractivity contribution in [2.45, 2.75) is 0 Å². The molecular weight excluding hydrogens is 276 g/mol. The Labute approximate surface area is 128 Å². The second kappa shape index (κ2) is 5.81. The van der Waals surface area contributed by atoms with E-state index in [0.717, 1.165) is 27.2 Å². The van der Waals surface area contributed by atoms with Crippen LogP contribution in [-0.2, 0) is 0 Å². The number of pyridine rings is 1. The number of azo groups is 1. The normalized spacial score (nSPS) is 11.2. The second-order valence-corrected chi connectivity index (χ2v) is 5.19. The van der Waals surface area contributed by atoms with Crippen molar-refractivity contribution in [2.24, 2.45) is 10.2 Å². The molecule has 0 N–H and O–H groups in total. The van der Waals surface area contributed by atoms with Crippen molar-refractivity contribution < 1.29 is 4.73 Å². The summed E-state index contributed by atoms with van der Waals surface area (Å²) in [6.07, 6.45) is 1.48. The third kappa shape index (κ3) is 2.88. The Morgan fingerprint density at radius 2 is 1.59 bits per heavy atom. The van der Waals surface area contributed by atoms with Gasteiger partial charge in [-0.3, -0.25) is 0 Å². The van der Waals surface area contributed by atoms with Gasteiger partial charge in [-0.25, -0.2) is 0 Å². The minimum atomic E-state index is 0.622. The van der Waals surface area contributed by atoms with Crippen LogP contribution in [0.4, 0.5) is 17.1 Å². The Morgan fingerprint density at radius 3 is 2.32 bits per heavy atom. The van der Waals surface area contributed by atoms with Crippen molar-refractivity contribution in [1.29, 1.82) is 0 Å². The fourth-order valence-electron chi connectivity index (χ4n) is 2.18. The number of hydrogen-bond donors (Lipinski definition) is 0. The van der Waals surface area contributed by atoms with E-state index in [2.05, 4.69) is 10.2 Å². The number of rotatable bonds is 3. The lowest BCUT2D eigenvalue weighted by Crippen LogP contribution is -2.25. The largest absolute Gasteiger partial charge is 0.618 e. The van der Waals surface area contributed by atoms with E-state index in [1.54, 1.807) is 18.2 Å². The first-order valence-corrected chi connectivity index (χ1v) is 6.94. The molecule has 3 rings (SSSR count). The summed E-state index contributed by atoms with van der Waals surface area (Å²) >= 11 is 0. The minimum Gasteiger partial charge on any atom is -0.618 e. The highest BCUT2D eigenvalue weighted by Crippen LogP contribution is 2.23. The van der Waals surface area contributed by atoms with Crippen molar-refractivity contribution in [2.75, 3.05) is 19.0 Å². The van der Waals surface area contributed by atoms with Crippen LogP contribution in [0.1, 0.15) is 0 Å². The average Bonchev–Trinajstić information content (AvgIpc) is 2.53. The number of anilines is 1. The van der Waals surface area contributed by atoms with Crippen LogP contribution in [0, 0.1) is 5.21 Å². The first kappa shape index (κ1) is 14.0. The number of nitrogens with zero attached hydrogens (tertiary/aromatic N) is 4. The maximum absolute atomic E-state index is 11.6. The Balaban J connectivity index is 1.86. The van der Waals surface area contributed by atoms with E-state index < -0.39 is 0 Å². The predicted molar refractivity (Wildman–Crippen MR) is 87.9 cm³/mol. The van der Waals surface area contributed by atoms with Gasteiger partial charge in [0.05, 0.1) is 11.4 Å².